The molecule has 1 aliphatic rings. The van der Waals surface area contributed by atoms with Crippen LogP contribution in [0.2, 0.25) is 0 Å². The number of amides is 1. The summed E-state index contributed by atoms with van der Waals surface area (Å²) in [5.74, 6) is -0.215. The van der Waals surface area contributed by atoms with Crippen LogP contribution in [0, 0.1) is 17.0 Å². The first-order valence-corrected chi connectivity index (χ1v) is 13.5. The molecule has 0 atom stereocenters. The number of aliphatic imine (C=N–C) groups is 1. The molecule has 5 rings (SSSR count). The molecule has 0 aliphatic heterocycles. The number of nitro groups is 1. The normalized spacial score (nSPS) is 12.9. The highest BCUT2D eigenvalue weighted by Gasteiger charge is 2.25. The number of nitrogens with one attached hydrogen (secondary N) is 1. The lowest BCUT2D eigenvalue weighted by Crippen LogP contribution is -2.15. The number of nitro benzene ring substituents is 1. The molecule has 1 aliphatic carbocycles. The van der Waals surface area contributed by atoms with Crippen LogP contribution in [-0.4, -0.2) is 22.0 Å². The third-order valence-electron chi connectivity index (χ3n) is 6.07. The van der Waals surface area contributed by atoms with Crippen molar-refractivity contribution in [1.29, 1.82) is 0 Å². The fourth-order valence-electron chi connectivity index (χ4n) is 4.21. The molecule has 0 fully saturated rings. The maximum absolute atomic E-state index is 13.4. The summed E-state index contributed by atoms with van der Waals surface area (Å²) < 4.78 is 0. The molecule has 4 aromatic rings. The number of hydrogen-bond acceptors (Lipinski definition) is 7. The van der Waals surface area contributed by atoms with Gasteiger partial charge in [-0.2, -0.15) is 0 Å². The Hall–Kier alpha value is -3.82. The molecule has 186 valence electrons. The minimum atomic E-state index is -0.408. The van der Waals surface area contributed by atoms with Gasteiger partial charge in [0, 0.05) is 44.8 Å². The second-order valence-corrected chi connectivity index (χ2v) is 10.9. The fourth-order valence-corrected chi connectivity index (χ4v) is 6.33. The third kappa shape index (κ3) is 5.79. The smallest absolute Gasteiger partial charge is 0.270 e. The lowest BCUT2D eigenvalue weighted by molar-refractivity contribution is -0.384. The van der Waals surface area contributed by atoms with Crippen LogP contribution in [0.5, 0.6) is 0 Å². The molecular weight excluding hydrogens is 504 g/mol. The van der Waals surface area contributed by atoms with Gasteiger partial charge in [0.15, 0.2) is 0 Å². The van der Waals surface area contributed by atoms with Crippen molar-refractivity contribution < 1.29 is 9.72 Å². The number of carbonyl (C=O) groups is 1. The van der Waals surface area contributed by atoms with Gasteiger partial charge in [0.2, 0.25) is 0 Å². The summed E-state index contributed by atoms with van der Waals surface area (Å²) in [4.78, 5) is 36.3. The van der Waals surface area contributed by atoms with E-state index in [-0.39, 0.29) is 11.6 Å². The Kier molecular flexibility index (Phi) is 7.43. The minimum absolute atomic E-state index is 0.00488. The Bertz CT molecular complexity index is 1480. The van der Waals surface area contributed by atoms with Crippen molar-refractivity contribution >= 4 is 51.6 Å². The number of fused-ring (bicyclic) bond motifs is 1. The lowest BCUT2D eigenvalue weighted by Gasteiger charge is -2.12. The van der Waals surface area contributed by atoms with Crippen molar-refractivity contribution in [2.75, 3.05) is 5.32 Å². The van der Waals surface area contributed by atoms with Crippen molar-refractivity contribution in [3.8, 4) is 0 Å². The highest BCUT2D eigenvalue weighted by atomic mass is 32.2. The molecule has 2 heterocycles. The Morgan fingerprint density at radius 3 is 2.73 bits per heavy atom. The summed E-state index contributed by atoms with van der Waals surface area (Å²) in [5, 5.41) is 15.0. The highest BCUT2D eigenvalue weighted by Crippen LogP contribution is 2.40. The van der Waals surface area contributed by atoms with Crippen molar-refractivity contribution in [2.45, 2.75) is 42.4 Å². The monoisotopic (exact) mass is 528 g/mol. The van der Waals surface area contributed by atoms with Crippen LogP contribution >= 0.6 is 23.1 Å². The first kappa shape index (κ1) is 24.9. The lowest BCUT2D eigenvalue weighted by atomic mass is 9.95. The Morgan fingerprint density at radius 1 is 1.16 bits per heavy atom. The van der Waals surface area contributed by atoms with E-state index in [4.69, 9.17) is 4.99 Å². The Balaban J connectivity index is 1.51. The van der Waals surface area contributed by atoms with Crippen molar-refractivity contribution in [2.24, 2.45) is 4.99 Å². The molecule has 2 aromatic carbocycles. The molecule has 1 amide bonds. The van der Waals surface area contributed by atoms with E-state index in [0.717, 1.165) is 46.6 Å². The summed E-state index contributed by atoms with van der Waals surface area (Å²) in [7, 11) is 0. The van der Waals surface area contributed by atoms with Crippen LogP contribution in [0.15, 0.2) is 81.8 Å². The van der Waals surface area contributed by atoms with Gasteiger partial charge < -0.3 is 5.32 Å². The molecule has 37 heavy (non-hydrogen) atoms. The van der Waals surface area contributed by atoms with Crippen LogP contribution < -0.4 is 5.32 Å². The molecule has 0 unspecified atom stereocenters. The first-order valence-electron chi connectivity index (χ1n) is 11.9. The maximum Gasteiger partial charge on any atom is 0.270 e. The number of rotatable bonds is 7. The average molecular weight is 529 g/mol. The van der Waals surface area contributed by atoms with E-state index in [2.05, 4.69) is 10.3 Å². The minimum Gasteiger partial charge on any atom is -0.320 e. The van der Waals surface area contributed by atoms with Crippen LogP contribution in [0.3, 0.4) is 0 Å². The van der Waals surface area contributed by atoms with Gasteiger partial charge in [-0.1, -0.05) is 29.5 Å². The number of aryl methyl sites for hydroxylation is 2. The third-order valence-corrected chi connectivity index (χ3v) is 8.37. The number of anilines is 1. The zero-order chi connectivity index (χ0) is 25.8. The van der Waals surface area contributed by atoms with Crippen molar-refractivity contribution in [3.63, 3.8) is 0 Å². The van der Waals surface area contributed by atoms with Gasteiger partial charge in [0.25, 0.3) is 11.6 Å². The molecule has 0 bridgehead atoms. The average Bonchev–Trinajstić information content (AvgIpc) is 3.28. The fraction of sp³-hybridized carbons (Fsp3) is 0.179. The Morgan fingerprint density at radius 2 is 1.97 bits per heavy atom. The molecule has 0 saturated carbocycles. The van der Waals surface area contributed by atoms with Crippen molar-refractivity contribution in [1.82, 2.24) is 4.98 Å². The van der Waals surface area contributed by atoms with Gasteiger partial charge in [0.1, 0.15) is 5.00 Å². The van der Waals surface area contributed by atoms with Gasteiger partial charge >= 0.3 is 0 Å². The number of hydrogen-bond donors (Lipinski definition) is 1. The summed E-state index contributed by atoms with van der Waals surface area (Å²) in [6.45, 7) is 2.03. The number of thiophene rings is 1. The molecule has 0 radical (unpaired) electrons. The van der Waals surface area contributed by atoms with Crippen LogP contribution in [0.1, 0.15) is 44.8 Å². The van der Waals surface area contributed by atoms with Crippen LogP contribution in [0.4, 0.5) is 16.4 Å². The van der Waals surface area contributed by atoms with Gasteiger partial charge in [-0.05, 0) is 68.5 Å². The Labute approximate surface area is 222 Å². The number of aromatic nitrogens is 1. The summed E-state index contributed by atoms with van der Waals surface area (Å²) in [6, 6.07) is 16.5. The molecule has 1 N–H and O–H groups in total. The van der Waals surface area contributed by atoms with E-state index in [1.165, 1.54) is 40.1 Å². The molecule has 2 aromatic heterocycles. The van der Waals surface area contributed by atoms with Crippen molar-refractivity contribution in [3.05, 3.63) is 104 Å². The van der Waals surface area contributed by atoms with Crippen LogP contribution in [-0.2, 0) is 12.8 Å². The first-order chi connectivity index (χ1) is 18.0. The van der Waals surface area contributed by atoms with Gasteiger partial charge in [-0.3, -0.25) is 19.9 Å². The van der Waals surface area contributed by atoms with Crippen LogP contribution in [0.25, 0.3) is 0 Å². The zero-order valence-electron chi connectivity index (χ0n) is 20.1. The van der Waals surface area contributed by atoms with Gasteiger partial charge in [-0.15, -0.1) is 11.3 Å². The van der Waals surface area contributed by atoms with Gasteiger partial charge in [0.05, 0.1) is 22.4 Å². The quantitative estimate of drug-likeness (QED) is 0.153. The van der Waals surface area contributed by atoms with E-state index in [0.29, 0.717) is 21.8 Å². The van der Waals surface area contributed by atoms with Gasteiger partial charge in [-0.25, -0.2) is 4.99 Å². The molecular formula is C28H24N4O3S2. The summed E-state index contributed by atoms with van der Waals surface area (Å²) in [6.07, 6.45) is 8.78. The topological polar surface area (TPSA) is 97.5 Å². The summed E-state index contributed by atoms with van der Waals surface area (Å²) >= 11 is 3.05. The zero-order valence-corrected chi connectivity index (χ0v) is 21.8. The van der Waals surface area contributed by atoms with E-state index >= 15 is 0 Å². The number of carbonyl (C=O) groups excluding carboxylic acids is 1. The standard InChI is InChI=1S/C28H24N4O3S2/c1-18-8-11-22(12-9-18)36-24-13-10-21(32(34)35)15-19(24)16-30-28-26(23-6-2-3-7-25(23)37-28)27(33)31-20-5-4-14-29-17-20/h4-5,8-17H,2-3,6-7H2,1H3,(H,31,33). The number of nitrogens with zero attached hydrogens (tertiary/aromatic N) is 3. The second-order valence-electron chi connectivity index (χ2n) is 8.74. The highest BCUT2D eigenvalue weighted by molar-refractivity contribution is 7.99. The molecule has 0 saturated heterocycles. The van der Waals surface area contributed by atoms with E-state index in [1.54, 1.807) is 36.8 Å². The predicted molar refractivity (Wildman–Crippen MR) is 149 cm³/mol. The van der Waals surface area contributed by atoms with E-state index < -0.39 is 4.92 Å². The predicted octanol–water partition coefficient (Wildman–Crippen LogP) is 7.39. The number of pyridine rings is 1. The van der Waals surface area contributed by atoms with E-state index in [1.807, 2.05) is 31.2 Å². The molecule has 9 heteroatoms. The number of benzene rings is 2. The maximum atomic E-state index is 13.4. The van der Waals surface area contributed by atoms with E-state index in [9.17, 15) is 14.9 Å². The molecule has 0 spiro atoms. The SMILES string of the molecule is Cc1ccc(Sc2ccc([N+](=O)[O-])cc2C=Nc2sc3c(c2C(=O)Nc2cccnc2)CCCC3)cc1. The molecule has 7 nitrogen and oxygen atoms in total. The largest absolute Gasteiger partial charge is 0.320 e. The summed E-state index contributed by atoms with van der Waals surface area (Å²) in [5.41, 5.74) is 4.04. The second kappa shape index (κ2) is 11.1. The number of non-ortho nitro benzene ring substituents is 1.